The maximum atomic E-state index is 9.19. The maximum Gasteiger partial charge on any atom is 0.135 e. The van der Waals surface area contributed by atoms with Crippen molar-refractivity contribution < 1.29 is 5.11 Å². The lowest BCUT2D eigenvalue weighted by atomic mass is 10.2. The van der Waals surface area contributed by atoms with E-state index in [2.05, 4.69) is 9.97 Å². The van der Waals surface area contributed by atoms with Crippen LogP contribution in [-0.4, -0.2) is 19.6 Å². The molecule has 0 aliphatic carbocycles. The van der Waals surface area contributed by atoms with Gasteiger partial charge in [-0.25, -0.2) is 4.98 Å². The SMILES string of the molecule is Cn1c(CO)nc2c3cccnc3ccc21. The van der Waals surface area contributed by atoms with Crippen LogP contribution in [0.2, 0.25) is 0 Å². The van der Waals surface area contributed by atoms with Crippen LogP contribution in [0.15, 0.2) is 30.5 Å². The van der Waals surface area contributed by atoms with Gasteiger partial charge in [0, 0.05) is 18.6 Å². The zero-order valence-electron chi connectivity index (χ0n) is 8.88. The molecule has 0 atom stereocenters. The van der Waals surface area contributed by atoms with Crippen molar-refractivity contribution >= 4 is 21.9 Å². The van der Waals surface area contributed by atoms with Gasteiger partial charge in [0.15, 0.2) is 0 Å². The first-order valence-electron chi connectivity index (χ1n) is 5.11. The van der Waals surface area contributed by atoms with Gasteiger partial charge in [-0.05, 0) is 24.3 Å². The maximum absolute atomic E-state index is 9.19. The summed E-state index contributed by atoms with van der Waals surface area (Å²) in [5, 5.41) is 10.2. The Morgan fingerprint density at radius 1 is 1.31 bits per heavy atom. The highest BCUT2D eigenvalue weighted by atomic mass is 16.3. The molecular formula is C12H11N3O. The molecule has 16 heavy (non-hydrogen) atoms. The number of imidazole rings is 1. The summed E-state index contributed by atoms with van der Waals surface area (Å²) in [5.41, 5.74) is 2.85. The molecule has 1 N–H and O–H groups in total. The molecule has 0 saturated carbocycles. The molecule has 0 aliphatic rings. The van der Waals surface area contributed by atoms with E-state index in [1.54, 1.807) is 6.20 Å². The molecule has 4 nitrogen and oxygen atoms in total. The monoisotopic (exact) mass is 213 g/mol. The van der Waals surface area contributed by atoms with Crippen molar-refractivity contribution in [1.29, 1.82) is 0 Å². The average Bonchev–Trinajstić information content (AvgIpc) is 2.67. The molecule has 1 aromatic carbocycles. The van der Waals surface area contributed by atoms with E-state index < -0.39 is 0 Å². The van der Waals surface area contributed by atoms with Gasteiger partial charge in [0.1, 0.15) is 12.4 Å². The van der Waals surface area contributed by atoms with Crippen molar-refractivity contribution in [2.45, 2.75) is 6.61 Å². The standard InChI is InChI=1S/C12H11N3O/c1-15-10-5-4-9-8(3-2-6-13-9)12(10)14-11(15)7-16/h2-6,16H,7H2,1H3. The third-order valence-corrected chi connectivity index (χ3v) is 2.87. The van der Waals surface area contributed by atoms with Crippen molar-refractivity contribution in [3.05, 3.63) is 36.3 Å². The molecule has 3 rings (SSSR count). The first-order valence-corrected chi connectivity index (χ1v) is 5.11. The molecule has 0 unspecified atom stereocenters. The second kappa shape index (κ2) is 3.28. The quantitative estimate of drug-likeness (QED) is 0.668. The number of aliphatic hydroxyl groups is 1. The second-order valence-electron chi connectivity index (χ2n) is 3.75. The Kier molecular flexibility index (Phi) is 1.91. The van der Waals surface area contributed by atoms with E-state index in [9.17, 15) is 5.11 Å². The average molecular weight is 213 g/mol. The fraction of sp³-hybridized carbons (Fsp3) is 0.167. The fourth-order valence-electron chi connectivity index (χ4n) is 2.00. The Morgan fingerprint density at radius 2 is 2.19 bits per heavy atom. The largest absolute Gasteiger partial charge is 0.388 e. The molecule has 0 saturated heterocycles. The molecule has 80 valence electrons. The number of aliphatic hydroxyl groups excluding tert-OH is 1. The minimum Gasteiger partial charge on any atom is -0.388 e. The first kappa shape index (κ1) is 9.30. The third kappa shape index (κ3) is 1.13. The van der Waals surface area contributed by atoms with Gasteiger partial charge >= 0.3 is 0 Å². The molecule has 2 heterocycles. The molecule has 0 amide bonds. The van der Waals surface area contributed by atoms with Crippen LogP contribution in [0.1, 0.15) is 5.82 Å². The van der Waals surface area contributed by atoms with E-state index >= 15 is 0 Å². The van der Waals surface area contributed by atoms with Crippen LogP contribution < -0.4 is 0 Å². The van der Waals surface area contributed by atoms with E-state index in [-0.39, 0.29) is 6.61 Å². The lowest BCUT2D eigenvalue weighted by Gasteiger charge is -1.99. The van der Waals surface area contributed by atoms with Gasteiger partial charge in [0.05, 0.1) is 16.6 Å². The number of aromatic nitrogens is 3. The van der Waals surface area contributed by atoms with Crippen LogP contribution >= 0.6 is 0 Å². The molecular weight excluding hydrogens is 202 g/mol. The second-order valence-corrected chi connectivity index (χ2v) is 3.75. The molecule has 2 aromatic heterocycles. The van der Waals surface area contributed by atoms with Crippen molar-refractivity contribution in [2.24, 2.45) is 7.05 Å². The number of nitrogens with zero attached hydrogens (tertiary/aromatic N) is 3. The van der Waals surface area contributed by atoms with Gasteiger partial charge in [0.25, 0.3) is 0 Å². The van der Waals surface area contributed by atoms with Crippen LogP contribution in [0, 0.1) is 0 Å². The van der Waals surface area contributed by atoms with Gasteiger partial charge in [-0.15, -0.1) is 0 Å². The molecule has 0 bridgehead atoms. The first-order chi connectivity index (χ1) is 7.81. The molecule has 4 heteroatoms. The molecule has 0 aliphatic heterocycles. The van der Waals surface area contributed by atoms with Crippen LogP contribution in [0.25, 0.3) is 21.9 Å². The topological polar surface area (TPSA) is 50.9 Å². The van der Waals surface area contributed by atoms with E-state index in [0.29, 0.717) is 5.82 Å². The Hall–Kier alpha value is -1.94. The summed E-state index contributed by atoms with van der Waals surface area (Å²) in [5.74, 6) is 0.673. The Balaban J connectivity index is 2.51. The van der Waals surface area contributed by atoms with Crippen molar-refractivity contribution in [1.82, 2.24) is 14.5 Å². The normalized spacial score (nSPS) is 11.4. The number of rotatable bonds is 1. The number of fused-ring (bicyclic) bond motifs is 3. The van der Waals surface area contributed by atoms with Crippen LogP contribution in [0.4, 0.5) is 0 Å². The molecule has 0 radical (unpaired) electrons. The third-order valence-electron chi connectivity index (χ3n) is 2.87. The van der Waals surface area contributed by atoms with Crippen LogP contribution in [0.3, 0.4) is 0 Å². The van der Waals surface area contributed by atoms with Gasteiger partial charge in [-0.3, -0.25) is 4.98 Å². The van der Waals surface area contributed by atoms with Crippen LogP contribution in [-0.2, 0) is 13.7 Å². The van der Waals surface area contributed by atoms with E-state index in [0.717, 1.165) is 21.9 Å². The Bertz CT molecular complexity index is 672. The summed E-state index contributed by atoms with van der Waals surface area (Å²) in [4.78, 5) is 8.72. The summed E-state index contributed by atoms with van der Waals surface area (Å²) in [6, 6.07) is 7.85. The van der Waals surface area contributed by atoms with Gasteiger partial charge in [0.2, 0.25) is 0 Å². The van der Waals surface area contributed by atoms with Gasteiger partial charge in [-0.2, -0.15) is 0 Å². The van der Waals surface area contributed by atoms with E-state index in [4.69, 9.17) is 0 Å². The highest BCUT2D eigenvalue weighted by Gasteiger charge is 2.09. The number of aryl methyl sites for hydroxylation is 1. The highest BCUT2D eigenvalue weighted by molar-refractivity contribution is 6.02. The summed E-state index contributed by atoms with van der Waals surface area (Å²) >= 11 is 0. The lowest BCUT2D eigenvalue weighted by Crippen LogP contribution is -1.96. The van der Waals surface area contributed by atoms with Crippen molar-refractivity contribution in [3.8, 4) is 0 Å². The minimum absolute atomic E-state index is 0.0487. The predicted octanol–water partition coefficient (Wildman–Crippen LogP) is 1.61. The van der Waals surface area contributed by atoms with Gasteiger partial charge in [-0.1, -0.05) is 0 Å². The molecule has 0 fully saturated rings. The van der Waals surface area contributed by atoms with Crippen molar-refractivity contribution in [3.63, 3.8) is 0 Å². The summed E-state index contributed by atoms with van der Waals surface area (Å²) in [7, 11) is 1.91. The van der Waals surface area contributed by atoms with E-state index in [1.807, 2.05) is 35.9 Å². The highest BCUT2D eigenvalue weighted by Crippen LogP contribution is 2.23. The molecule has 3 aromatic rings. The zero-order chi connectivity index (χ0) is 11.1. The molecule has 0 spiro atoms. The van der Waals surface area contributed by atoms with Crippen molar-refractivity contribution in [2.75, 3.05) is 0 Å². The zero-order valence-corrected chi connectivity index (χ0v) is 8.88. The Labute approximate surface area is 92.2 Å². The number of benzene rings is 1. The minimum atomic E-state index is -0.0487. The predicted molar refractivity (Wildman–Crippen MR) is 61.9 cm³/mol. The Morgan fingerprint density at radius 3 is 3.00 bits per heavy atom. The summed E-state index contributed by atoms with van der Waals surface area (Å²) < 4.78 is 1.90. The van der Waals surface area contributed by atoms with Gasteiger partial charge < -0.3 is 9.67 Å². The van der Waals surface area contributed by atoms with Crippen LogP contribution in [0.5, 0.6) is 0 Å². The number of hydrogen-bond acceptors (Lipinski definition) is 3. The smallest absolute Gasteiger partial charge is 0.135 e. The summed E-state index contributed by atoms with van der Waals surface area (Å²) in [6.45, 7) is -0.0487. The van der Waals surface area contributed by atoms with E-state index in [1.165, 1.54) is 0 Å². The fourth-order valence-corrected chi connectivity index (χ4v) is 2.00. The summed E-state index contributed by atoms with van der Waals surface area (Å²) in [6.07, 6.45) is 1.77. The number of hydrogen-bond donors (Lipinski definition) is 1. The number of pyridine rings is 1. The lowest BCUT2D eigenvalue weighted by molar-refractivity contribution is 0.268.